The average Bonchev–Trinajstić information content (AvgIpc) is 2.75. The summed E-state index contributed by atoms with van der Waals surface area (Å²) in [6.07, 6.45) is 6.08. The molecule has 0 radical (unpaired) electrons. The van der Waals surface area contributed by atoms with Crippen LogP contribution in [0.3, 0.4) is 0 Å². The third-order valence-corrected chi connectivity index (χ3v) is 3.71. The highest BCUT2D eigenvalue weighted by atomic mass is 15.2. The molecule has 2 heterocycles. The number of anilines is 1. The molecule has 1 atom stereocenters. The molecule has 1 unspecified atom stereocenters. The first kappa shape index (κ1) is 10.1. The SMILES string of the molecule is NC1CCN(c2ccc3c(n2)CCCC3)C1. The zero-order valence-electron chi connectivity index (χ0n) is 9.65. The Hall–Kier alpha value is -1.09. The van der Waals surface area contributed by atoms with Crippen LogP contribution in [0.2, 0.25) is 0 Å². The van der Waals surface area contributed by atoms with Crippen LogP contribution in [0.1, 0.15) is 30.5 Å². The number of rotatable bonds is 1. The molecule has 0 saturated carbocycles. The number of aromatic nitrogens is 1. The molecule has 1 aromatic heterocycles. The number of fused-ring (bicyclic) bond motifs is 1. The summed E-state index contributed by atoms with van der Waals surface area (Å²) in [5.41, 5.74) is 8.71. The van der Waals surface area contributed by atoms with Crippen LogP contribution in [0.5, 0.6) is 0 Å². The van der Waals surface area contributed by atoms with Crippen LogP contribution in [0.25, 0.3) is 0 Å². The van der Waals surface area contributed by atoms with Gasteiger partial charge in [0.15, 0.2) is 0 Å². The smallest absolute Gasteiger partial charge is 0.128 e. The lowest BCUT2D eigenvalue weighted by molar-refractivity contribution is 0.666. The van der Waals surface area contributed by atoms with Gasteiger partial charge in [-0.05, 0) is 43.7 Å². The summed E-state index contributed by atoms with van der Waals surface area (Å²) < 4.78 is 0. The third kappa shape index (κ3) is 1.80. The van der Waals surface area contributed by atoms with E-state index in [1.165, 1.54) is 30.5 Å². The van der Waals surface area contributed by atoms with Gasteiger partial charge in [0.05, 0.1) is 0 Å². The normalized spacial score (nSPS) is 24.6. The van der Waals surface area contributed by atoms with Crippen LogP contribution in [0.4, 0.5) is 5.82 Å². The molecule has 3 nitrogen and oxygen atoms in total. The summed E-state index contributed by atoms with van der Waals surface area (Å²) in [6, 6.07) is 4.76. The number of pyridine rings is 1. The summed E-state index contributed by atoms with van der Waals surface area (Å²) in [5.74, 6) is 1.13. The van der Waals surface area contributed by atoms with Gasteiger partial charge >= 0.3 is 0 Å². The first-order chi connectivity index (χ1) is 7.83. The topological polar surface area (TPSA) is 42.1 Å². The Labute approximate surface area is 96.7 Å². The van der Waals surface area contributed by atoms with Gasteiger partial charge in [0.1, 0.15) is 5.82 Å². The van der Waals surface area contributed by atoms with Crippen molar-refractivity contribution in [3.05, 3.63) is 23.4 Å². The van der Waals surface area contributed by atoms with Crippen LogP contribution in [0, 0.1) is 0 Å². The molecule has 0 spiro atoms. The number of nitrogens with two attached hydrogens (primary N) is 1. The Morgan fingerprint density at radius 1 is 1.25 bits per heavy atom. The van der Waals surface area contributed by atoms with Gasteiger partial charge in [-0.2, -0.15) is 0 Å². The number of nitrogens with zero attached hydrogens (tertiary/aromatic N) is 2. The van der Waals surface area contributed by atoms with Crippen LogP contribution < -0.4 is 10.6 Å². The summed E-state index contributed by atoms with van der Waals surface area (Å²) in [7, 11) is 0. The van der Waals surface area contributed by atoms with Crippen molar-refractivity contribution in [1.29, 1.82) is 0 Å². The molecular formula is C13H19N3. The Kier molecular flexibility index (Phi) is 2.56. The molecule has 1 saturated heterocycles. The van der Waals surface area contributed by atoms with Crippen molar-refractivity contribution in [2.75, 3.05) is 18.0 Å². The van der Waals surface area contributed by atoms with Crippen LogP contribution in [-0.4, -0.2) is 24.1 Å². The van der Waals surface area contributed by atoms with Crippen LogP contribution in [-0.2, 0) is 12.8 Å². The zero-order chi connectivity index (χ0) is 11.0. The van der Waals surface area contributed by atoms with E-state index in [-0.39, 0.29) is 0 Å². The Morgan fingerprint density at radius 3 is 2.94 bits per heavy atom. The van der Waals surface area contributed by atoms with Gasteiger partial charge in [0.25, 0.3) is 0 Å². The highest BCUT2D eigenvalue weighted by Gasteiger charge is 2.21. The molecule has 0 aromatic carbocycles. The summed E-state index contributed by atoms with van der Waals surface area (Å²) in [4.78, 5) is 7.12. The first-order valence-electron chi connectivity index (χ1n) is 6.32. The molecule has 16 heavy (non-hydrogen) atoms. The molecule has 1 fully saturated rings. The van der Waals surface area contributed by atoms with Crippen LogP contribution >= 0.6 is 0 Å². The monoisotopic (exact) mass is 217 g/mol. The molecule has 2 N–H and O–H groups in total. The van der Waals surface area contributed by atoms with Crippen molar-refractivity contribution in [3.63, 3.8) is 0 Å². The molecule has 86 valence electrons. The maximum Gasteiger partial charge on any atom is 0.128 e. The Bertz CT molecular complexity index is 389. The second-order valence-electron chi connectivity index (χ2n) is 4.98. The molecule has 3 heteroatoms. The van der Waals surface area contributed by atoms with E-state index in [1.54, 1.807) is 0 Å². The van der Waals surface area contributed by atoms with E-state index in [1.807, 2.05) is 0 Å². The molecule has 0 amide bonds. The summed E-state index contributed by atoms with van der Waals surface area (Å²) in [6.45, 7) is 2.03. The minimum Gasteiger partial charge on any atom is -0.355 e. The largest absolute Gasteiger partial charge is 0.355 e. The highest BCUT2D eigenvalue weighted by molar-refractivity contribution is 5.43. The fraction of sp³-hybridized carbons (Fsp3) is 0.615. The van der Waals surface area contributed by atoms with Crippen molar-refractivity contribution < 1.29 is 0 Å². The van der Waals surface area contributed by atoms with Gasteiger partial charge in [0.2, 0.25) is 0 Å². The standard InChI is InChI=1S/C13H19N3/c14-11-7-8-16(9-11)13-6-5-10-3-1-2-4-12(10)15-13/h5-6,11H,1-4,7-9,14H2. The zero-order valence-corrected chi connectivity index (χ0v) is 9.65. The molecule has 2 aliphatic rings. The lowest BCUT2D eigenvalue weighted by Crippen LogP contribution is -2.27. The van der Waals surface area contributed by atoms with Crippen LogP contribution in [0.15, 0.2) is 12.1 Å². The minimum absolute atomic E-state index is 0.331. The molecular weight excluding hydrogens is 198 g/mol. The van der Waals surface area contributed by atoms with E-state index in [0.717, 1.165) is 31.7 Å². The quantitative estimate of drug-likeness (QED) is 0.775. The maximum atomic E-state index is 5.93. The fourth-order valence-corrected chi connectivity index (χ4v) is 2.74. The maximum absolute atomic E-state index is 5.93. The molecule has 0 bridgehead atoms. The second-order valence-corrected chi connectivity index (χ2v) is 4.98. The molecule has 3 rings (SSSR count). The van der Waals surface area contributed by atoms with E-state index in [4.69, 9.17) is 10.7 Å². The average molecular weight is 217 g/mol. The Balaban J connectivity index is 1.85. The van der Waals surface area contributed by atoms with Crippen molar-refractivity contribution in [1.82, 2.24) is 4.98 Å². The minimum atomic E-state index is 0.331. The van der Waals surface area contributed by atoms with Crippen molar-refractivity contribution in [3.8, 4) is 0 Å². The highest BCUT2D eigenvalue weighted by Crippen LogP contribution is 2.24. The van der Waals surface area contributed by atoms with Gasteiger partial charge in [-0.25, -0.2) is 4.98 Å². The van der Waals surface area contributed by atoms with E-state index in [9.17, 15) is 0 Å². The predicted octanol–water partition coefficient (Wildman–Crippen LogP) is 1.50. The number of aryl methyl sites for hydroxylation is 2. The van der Waals surface area contributed by atoms with E-state index in [2.05, 4.69) is 17.0 Å². The van der Waals surface area contributed by atoms with E-state index in [0.29, 0.717) is 6.04 Å². The lowest BCUT2D eigenvalue weighted by atomic mass is 9.96. The van der Waals surface area contributed by atoms with Gasteiger partial charge in [-0.15, -0.1) is 0 Å². The predicted molar refractivity (Wildman–Crippen MR) is 65.7 cm³/mol. The molecule has 1 aliphatic carbocycles. The molecule has 1 aromatic rings. The van der Waals surface area contributed by atoms with E-state index < -0.39 is 0 Å². The van der Waals surface area contributed by atoms with E-state index >= 15 is 0 Å². The van der Waals surface area contributed by atoms with Crippen molar-refractivity contribution in [2.45, 2.75) is 38.1 Å². The summed E-state index contributed by atoms with van der Waals surface area (Å²) in [5, 5.41) is 0. The van der Waals surface area contributed by atoms with Crippen molar-refractivity contribution in [2.24, 2.45) is 5.73 Å². The van der Waals surface area contributed by atoms with Gasteiger partial charge in [0, 0.05) is 24.8 Å². The van der Waals surface area contributed by atoms with Gasteiger partial charge < -0.3 is 10.6 Å². The lowest BCUT2D eigenvalue weighted by Gasteiger charge is -2.21. The number of hydrogen-bond donors (Lipinski definition) is 1. The third-order valence-electron chi connectivity index (χ3n) is 3.71. The fourth-order valence-electron chi connectivity index (χ4n) is 2.74. The number of hydrogen-bond acceptors (Lipinski definition) is 3. The van der Waals surface area contributed by atoms with Crippen molar-refractivity contribution >= 4 is 5.82 Å². The summed E-state index contributed by atoms with van der Waals surface area (Å²) >= 11 is 0. The first-order valence-corrected chi connectivity index (χ1v) is 6.32. The molecule has 1 aliphatic heterocycles. The Morgan fingerprint density at radius 2 is 2.12 bits per heavy atom. The van der Waals surface area contributed by atoms with Gasteiger partial charge in [-0.3, -0.25) is 0 Å². The van der Waals surface area contributed by atoms with Gasteiger partial charge in [-0.1, -0.05) is 6.07 Å². The second kappa shape index (κ2) is 4.06.